The topological polar surface area (TPSA) is 182 Å². The molecular formula is C31H38N6O7. The van der Waals surface area contributed by atoms with Gasteiger partial charge in [-0.3, -0.25) is 19.3 Å². The standard InChI is InChI=1S/C31H38N6O7/c1-31(2,3)44-25(38)16-22(17-33-36-29(32)41)34-27(39)24-15-13-21-11-7-10-20-12-14-23(28(40)37(24)26(20)21)35-30(42)43-18-19-8-5-4-6-9-19/h4-11,17,22-24H,12-16,18H2,1-3H3,(H,34,39)(H,35,42)(H3,32,36,41)/b33-17+/t22-,23-,24?/m0/s1. The predicted molar refractivity (Wildman–Crippen MR) is 162 cm³/mol. The van der Waals surface area contributed by atoms with E-state index < -0.39 is 53.6 Å². The smallest absolute Gasteiger partial charge is 0.408 e. The molecule has 2 aromatic carbocycles. The largest absolute Gasteiger partial charge is 0.460 e. The molecule has 0 radical (unpaired) electrons. The normalized spacial score (nSPS) is 18.4. The molecule has 0 aromatic heterocycles. The molecule has 2 aliphatic rings. The fourth-order valence-corrected chi connectivity index (χ4v) is 5.25. The zero-order chi connectivity index (χ0) is 31.9. The highest BCUT2D eigenvalue weighted by atomic mass is 16.6. The fraction of sp³-hybridized carbons (Fsp3) is 0.419. The summed E-state index contributed by atoms with van der Waals surface area (Å²) in [6.45, 7) is 5.18. The number of hydrogen-bond acceptors (Lipinski definition) is 8. The molecule has 0 saturated heterocycles. The molecule has 234 valence electrons. The summed E-state index contributed by atoms with van der Waals surface area (Å²) < 4.78 is 10.7. The number of ether oxygens (including phenoxy) is 2. The zero-order valence-electron chi connectivity index (χ0n) is 25.0. The molecular weight excluding hydrogens is 568 g/mol. The highest BCUT2D eigenvalue weighted by Gasteiger charge is 2.42. The average molecular weight is 607 g/mol. The number of urea groups is 1. The Morgan fingerprint density at radius 1 is 1.05 bits per heavy atom. The second-order valence-electron chi connectivity index (χ2n) is 11.6. The number of anilines is 1. The minimum atomic E-state index is -0.982. The van der Waals surface area contributed by atoms with Crippen molar-refractivity contribution in [3.8, 4) is 0 Å². The monoisotopic (exact) mass is 606 g/mol. The lowest BCUT2D eigenvalue weighted by atomic mass is 9.92. The number of nitrogens with zero attached hydrogens (tertiary/aromatic N) is 2. The van der Waals surface area contributed by atoms with Crippen LogP contribution in [0.1, 0.15) is 56.7 Å². The van der Waals surface area contributed by atoms with Gasteiger partial charge in [0.1, 0.15) is 24.3 Å². The van der Waals surface area contributed by atoms with Gasteiger partial charge in [0.05, 0.1) is 18.2 Å². The number of nitrogens with one attached hydrogen (secondary N) is 3. The Bertz CT molecular complexity index is 1420. The van der Waals surface area contributed by atoms with Crippen LogP contribution in [0.4, 0.5) is 15.3 Å². The van der Waals surface area contributed by atoms with Crippen LogP contribution in [0.25, 0.3) is 0 Å². The van der Waals surface area contributed by atoms with Gasteiger partial charge in [0.2, 0.25) is 11.8 Å². The number of alkyl carbamates (subject to hydrolysis) is 1. The van der Waals surface area contributed by atoms with E-state index in [1.165, 1.54) is 11.1 Å². The maximum atomic E-state index is 14.0. The summed E-state index contributed by atoms with van der Waals surface area (Å²) in [4.78, 5) is 65.7. The van der Waals surface area contributed by atoms with E-state index in [-0.39, 0.29) is 13.0 Å². The summed E-state index contributed by atoms with van der Waals surface area (Å²) in [7, 11) is 0. The van der Waals surface area contributed by atoms with Crippen molar-refractivity contribution >= 4 is 41.8 Å². The van der Waals surface area contributed by atoms with Crippen LogP contribution in [0.5, 0.6) is 0 Å². The van der Waals surface area contributed by atoms with Crippen molar-refractivity contribution in [2.24, 2.45) is 10.8 Å². The van der Waals surface area contributed by atoms with Gasteiger partial charge < -0.3 is 25.8 Å². The van der Waals surface area contributed by atoms with Gasteiger partial charge in [0.15, 0.2) is 0 Å². The minimum Gasteiger partial charge on any atom is -0.460 e. The first-order chi connectivity index (χ1) is 20.9. The van der Waals surface area contributed by atoms with Gasteiger partial charge in [0.25, 0.3) is 0 Å². The number of para-hydroxylation sites is 1. The molecule has 13 nitrogen and oxygen atoms in total. The predicted octanol–water partition coefficient (Wildman–Crippen LogP) is 2.45. The van der Waals surface area contributed by atoms with Crippen molar-refractivity contribution in [2.45, 2.75) is 83.2 Å². The first-order valence-corrected chi connectivity index (χ1v) is 14.4. The Kier molecular flexibility index (Phi) is 10.2. The van der Waals surface area contributed by atoms with Crippen molar-refractivity contribution in [3.05, 3.63) is 65.2 Å². The molecule has 3 atom stereocenters. The van der Waals surface area contributed by atoms with Crippen LogP contribution in [0.2, 0.25) is 0 Å². The van der Waals surface area contributed by atoms with Crippen molar-refractivity contribution in [1.29, 1.82) is 0 Å². The third kappa shape index (κ3) is 8.55. The van der Waals surface area contributed by atoms with E-state index in [9.17, 15) is 24.0 Å². The molecule has 13 heteroatoms. The Morgan fingerprint density at radius 3 is 2.39 bits per heavy atom. The van der Waals surface area contributed by atoms with Crippen molar-refractivity contribution in [2.75, 3.05) is 4.90 Å². The van der Waals surface area contributed by atoms with E-state index in [4.69, 9.17) is 15.2 Å². The van der Waals surface area contributed by atoms with E-state index in [2.05, 4.69) is 15.7 Å². The molecule has 2 aliphatic heterocycles. The van der Waals surface area contributed by atoms with Crippen LogP contribution in [0.3, 0.4) is 0 Å². The van der Waals surface area contributed by atoms with E-state index in [1.54, 1.807) is 20.8 Å². The lowest BCUT2D eigenvalue weighted by molar-refractivity contribution is -0.155. The molecule has 2 aromatic rings. The van der Waals surface area contributed by atoms with Crippen molar-refractivity contribution in [3.63, 3.8) is 0 Å². The van der Waals surface area contributed by atoms with Crippen molar-refractivity contribution < 1.29 is 33.4 Å². The van der Waals surface area contributed by atoms with Crippen LogP contribution in [-0.4, -0.2) is 59.8 Å². The molecule has 0 spiro atoms. The second kappa shape index (κ2) is 14.0. The Balaban J connectivity index is 1.54. The van der Waals surface area contributed by atoms with Gasteiger partial charge in [-0.1, -0.05) is 48.5 Å². The SMILES string of the molecule is CC(C)(C)OC(=O)C[C@@H](/C=N/NC(N)=O)NC(=O)C1CCc2cccc3c2N1C(=O)[C@@H](NC(=O)OCc1ccccc1)CC3. The fourth-order valence-electron chi connectivity index (χ4n) is 5.25. The zero-order valence-corrected chi connectivity index (χ0v) is 25.0. The number of benzene rings is 2. The van der Waals surface area contributed by atoms with E-state index in [0.29, 0.717) is 31.4 Å². The summed E-state index contributed by atoms with van der Waals surface area (Å²) in [6, 6.07) is 11.1. The number of hydrazone groups is 1. The Labute approximate surface area is 255 Å². The Hall–Kier alpha value is -4.94. The molecule has 0 bridgehead atoms. The van der Waals surface area contributed by atoms with Crippen molar-refractivity contribution in [1.82, 2.24) is 16.1 Å². The molecule has 0 saturated carbocycles. The Morgan fingerprint density at radius 2 is 1.73 bits per heavy atom. The van der Waals surface area contributed by atoms with E-state index in [0.717, 1.165) is 16.7 Å². The molecule has 1 unspecified atom stereocenters. The van der Waals surface area contributed by atoms with Gasteiger partial charge in [-0.2, -0.15) is 5.10 Å². The van der Waals surface area contributed by atoms with Gasteiger partial charge in [0, 0.05) is 6.21 Å². The number of primary amides is 1. The summed E-state index contributed by atoms with van der Waals surface area (Å²) in [5, 5.41) is 9.17. The molecule has 5 amide bonds. The van der Waals surface area contributed by atoms with Gasteiger partial charge in [-0.05, 0) is 63.1 Å². The van der Waals surface area contributed by atoms with Gasteiger partial charge in [-0.25, -0.2) is 15.0 Å². The number of hydrogen-bond donors (Lipinski definition) is 4. The van der Waals surface area contributed by atoms with Crippen LogP contribution in [0, 0.1) is 0 Å². The number of amides is 5. The highest BCUT2D eigenvalue weighted by Crippen LogP contribution is 2.37. The lowest BCUT2D eigenvalue weighted by Gasteiger charge is -2.38. The first-order valence-electron chi connectivity index (χ1n) is 14.4. The van der Waals surface area contributed by atoms with Crippen LogP contribution >= 0.6 is 0 Å². The molecule has 4 rings (SSSR count). The average Bonchev–Trinajstić information content (AvgIpc) is 3.09. The minimum absolute atomic E-state index is 0.0396. The van der Waals surface area contributed by atoms with E-state index >= 15 is 0 Å². The number of carbonyl (C=O) groups is 5. The van der Waals surface area contributed by atoms with Crippen LogP contribution in [0.15, 0.2) is 53.6 Å². The third-order valence-corrected chi connectivity index (χ3v) is 7.05. The molecule has 5 N–H and O–H groups in total. The highest BCUT2D eigenvalue weighted by molar-refractivity contribution is 6.06. The molecule has 2 heterocycles. The quantitative estimate of drug-likeness (QED) is 0.192. The number of esters is 1. The maximum Gasteiger partial charge on any atom is 0.408 e. The summed E-state index contributed by atoms with van der Waals surface area (Å²) in [5.41, 5.74) is 9.62. The first kappa shape index (κ1) is 32.0. The summed E-state index contributed by atoms with van der Waals surface area (Å²) in [5.74, 6) is -1.58. The van der Waals surface area contributed by atoms with Crippen LogP contribution in [-0.2, 0) is 43.3 Å². The molecule has 44 heavy (non-hydrogen) atoms. The maximum absolute atomic E-state index is 14.0. The van der Waals surface area contributed by atoms with Crippen LogP contribution < -0.4 is 26.7 Å². The second-order valence-corrected chi connectivity index (χ2v) is 11.6. The van der Waals surface area contributed by atoms with Gasteiger partial charge in [-0.15, -0.1) is 0 Å². The number of aryl methyl sites for hydroxylation is 2. The molecule has 0 aliphatic carbocycles. The third-order valence-electron chi connectivity index (χ3n) is 7.05. The number of carbonyl (C=O) groups excluding carboxylic acids is 5. The number of rotatable bonds is 9. The van der Waals surface area contributed by atoms with Gasteiger partial charge >= 0.3 is 18.1 Å². The number of nitrogens with two attached hydrogens (primary N) is 1. The molecule has 0 fully saturated rings. The van der Waals surface area contributed by atoms with E-state index in [1.807, 2.05) is 54.0 Å². The lowest BCUT2D eigenvalue weighted by Crippen LogP contribution is -2.58. The summed E-state index contributed by atoms with van der Waals surface area (Å²) in [6.07, 6.45) is 1.79. The summed E-state index contributed by atoms with van der Waals surface area (Å²) >= 11 is 0.